The van der Waals surface area contributed by atoms with Gasteiger partial charge in [0.2, 0.25) is 5.95 Å². The summed E-state index contributed by atoms with van der Waals surface area (Å²) < 4.78 is 11.3. The number of para-hydroxylation sites is 2. The molecule has 1 aromatic heterocycles. The van der Waals surface area contributed by atoms with Crippen LogP contribution >= 0.6 is 0 Å². The van der Waals surface area contributed by atoms with Gasteiger partial charge in [-0.2, -0.15) is 0 Å². The fraction of sp³-hybridized carbons (Fsp3) is 0.450. The molecule has 144 valence electrons. The van der Waals surface area contributed by atoms with Crippen molar-refractivity contribution < 1.29 is 14.3 Å². The number of aromatic nitrogens is 2. The van der Waals surface area contributed by atoms with E-state index in [-0.39, 0.29) is 18.1 Å². The summed E-state index contributed by atoms with van der Waals surface area (Å²) in [5.41, 5.74) is 1.78. The van der Waals surface area contributed by atoms with E-state index in [4.69, 9.17) is 9.47 Å². The molecule has 2 aromatic rings. The van der Waals surface area contributed by atoms with Gasteiger partial charge in [0.25, 0.3) is 5.91 Å². The van der Waals surface area contributed by atoms with Crippen molar-refractivity contribution in [2.75, 3.05) is 18.5 Å². The lowest BCUT2D eigenvalue weighted by atomic mass is 10.2. The Hall–Kier alpha value is -2.67. The Morgan fingerprint density at radius 3 is 2.89 bits per heavy atom. The molecule has 2 heterocycles. The first kappa shape index (κ1) is 19.1. The number of rotatable bonds is 7. The van der Waals surface area contributed by atoms with Crippen LogP contribution in [0.2, 0.25) is 0 Å². The standard InChI is InChI=1S/C20H26N4O3/c1-13(2)27-18-9-5-4-8-16(18)23-20-22-14(3)11-17(24-20)19(25)21-12-15-7-6-10-26-15/h4-5,8-9,11,13,15H,6-7,10,12H2,1-3H3,(H,21,25)(H,22,23,24). The third-order valence-electron chi connectivity index (χ3n) is 4.10. The monoisotopic (exact) mass is 370 g/mol. The van der Waals surface area contributed by atoms with Crippen LogP contribution in [-0.4, -0.2) is 41.2 Å². The lowest BCUT2D eigenvalue weighted by Gasteiger charge is -2.15. The van der Waals surface area contributed by atoms with Crippen molar-refractivity contribution in [3.8, 4) is 5.75 Å². The Morgan fingerprint density at radius 1 is 1.33 bits per heavy atom. The maximum absolute atomic E-state index is 12.5. The van der Waals surface area contributed by atoms with E-state index < -0.39 is 0 Å². The van der Waals surface area contributed by atoms with Crippen molar-refractivity contribution in [1.82, 2.24) is 15.3 Å². The molecule has 0 aliphatic carbocycles. The summed E-state index contributed by atoms with van der Waals surface area (Å²) in [6.07, 6.45) is 2.15. The fourth-order valence-corrected chi connectivity index (χ4v) is 2.89. The first-order chi connectivity index (χ1) is 13.0. The van der Waals surface area contributed by atoms with Gasteiger partial charge in [0, 0.05) is 18.8 Å². The van der Waals surface area contributed by atoms with E-state index in [1.54, 1.807) is 6.07 Å². The quantitative estimate of drug-likeness (QED) is 0.778. The topological polar surface area (TPSA) is 85.4 Å². The molecule has 0 saturated carbocycles. The van der Waals surface area contributed by atoms with Crippen LogP contribution in [0.3, 0.4) is 0 Å². The summed E-state index contributed by atoms with van der Waals surface area (Å²) in [7, 11) is 0. The molecule has 1 saturated heterocycles. The number of amides is 1. The molecule has 1 aliphatic heterocycles. The van der Waals surface area contributed by atoms with Crippen LogP contribution in [0.1, 0.15) is 42.9 Å². The second kappa shape index (κ2) is 8.81. The number of hydrogen-bond acceptors (Lipinski definition) is 6. The third-order valence-corrected chi connectivity index (χ3v) is 4.10. The molecule has 1 unspecified atom stereocenters. The molecular formula is C20H26N4O3. The van der Waals surface area contributed by atoms with Gasteiger partial charge in [-0.3, -0.25) is 4.79 Å². The lowest BCUT2D eigenvalue weighted by Crippen LogP contribution is -2.32. The first-order valence-electron chi connectivity index (χ1n) is 9.29. The maximum Gasteiger partial charge on any atom is 0.270 e. The Kier molecular flexibility index (Phi) is 6.24. The minimum absolute atomic E-state index is 0.0468. The molecule has 27 heavy (non-hydrogen) atoms. The number of nitrogens with one attached hydrogen (secondary N) is 2. The van der Waals surface area contributed by atoms with Crippen LogP contribution in [0.4, 0.5) is 11.6 Å². The second-order valence-electron chi connectivity index (χ2n) is 6.85. The highest BCUT2D eigenvalue weighted by Gasteiger charge is 2.18. The molecule has 0 bridgehead atoms. The minimum Gasteiger partial charge on any atom is -0.489 e. The van der Waals surface area contributed by atoms with Gasteiger partial charge in [-0.15, -0.1) is 0 Å². The molecule has 1 aromatic carbocycles. The van der Waals surface area contributed by atoms with Crippen molar-refractivity contribution in [3.63, 3.8) is 0 Å². The number of ether oxygens (including phenoxy) is 2. The largest absolute Gasteiger partial charge is 0.489 e. The molecular weight excluding hydrogens is 344 g/mol. The van der Waals surface area contributed by atoms with Crippen molar-refractivity contribution in [2.24, 2.45) is 0 Å². The molecule has 1 fully saturated rings. The number of carbonyl (C=O) groups is 1. The summed E-state index contributed by atoms with van der Waals surface area (Å²) >= 11 is 0. The summed E-state index contributed by atoms with van der Waals surface area (Å²) in [5.74, 6) is 0.838. The van der Waals surface area contributed by atoms with Gasteiger partial charge in [-0.25, -0.2) is 9.97 Å². The zero-order valence-electron chi connectivity index (χ0n) is 16.0. The van der Waals surface area contributed by atoms with Gasteiger partial charge < -0.3 is 20.1 Å². The molecule has 2 N–H and O–H groups in total. The van der Waals surface area contributed by atoms with Crippen molar-refractivity contribution in [2.45, 2.75) is 45.8 Å². The molecule has 1 aliphatic rings. The van der Waals surface area contributed by atoms with Gasteiger partial charge in [0.1, 0.15) is 11.4 Å². The van der Waals surface area contributed by atoms with Crippen LogP contribution < -0.4 is 15.4 Å². The normalized spacial score (nSPS) is 16.4. The molecule has 0 spiro atoms. The van der Waals surface area contributed by atoms with Gasteiger partial charge in [-0.05, 0) is 51.8 Å². The van der Waals surface area contributed by atoms with Gasteiger partial charge in [0.05, 0.1) is 17.9 Å². The van der Waals surface area contributed by atoms with E-state index in [9.17, 15) is 4.79 Å². The number of carbonyl (C=O) groups excluding carboxylic acids is 1. The second-order valence-corrected chi connectivity index (χ2v) is 6.85. The number of aryl methyl sites for hydroxylation is 1. The average molecular weight is 370 g/mol. The van der Waals surface area contributed by atoms with Crippen molar-refractivity contribution >= 4 is 17.5 Å². The average Bonchev–Trinajstić information content (AvgIpc) is 3.14. The van der Waals surface area contributed by atoms with Gasteiger partial charge in [-0.1, -0.05) is 12.1 Å². The molecule has 7 heteroatoms. The van der Waals surface area contributed by atoms with Crippen molar-refractivity contribution in [1.29, 1.82) is 0 Å². The zero-order valence-corrected chi connectivity index (χ0v) is 16.0. The molecule has 1 atom stereocenters. The fourth-order valence-electron chi connectivity index (χ4n) is 2.89. The Labute approximate surface area is 159 Å². The predicted octanol–water partition coefficient (Wildman–Crippen LogP) is 3.22. The summed E-state index contributed by atoms with van der Waals surface area (Å²) in [6, 6.07) is 9.25. The number of benzene rings is 1. The zero-order chi connectivity index (χ0) is 19.2. The highest BCUT2D eigenvalue weighted by Crippen LogP contribution is 2.27. The van der Waals surface area contributed by atoms with Crippen LogP contribution in [0.15, 0.2) is 30.3 Å². The molecule has 0 radical (unpaired) electrons. The predicted molar refractivity (Wildman–Crippen MR) is 104 cm³/mol. The highest BCUT2D eigenvalue weighted by molar-refractivity contribution is 5.92. The summed E-state index contributed by atoms with van der Waals surface area (Å²) in [5, 5.41) is 6.05. The van der Waals surface area contributed by atoms with E-state index in [0.29, 0.717) is 29.6 Å². The van der Waals surface area contributed by atoms with E-state index in [1.165, 1.54) is 0 Å². The number of hydrogen-bond donors (Lipinski definition) is 2. The van der Waals surface area contributed by atoms with E-state index >= 15 is 0 Å². The van der Waals surface area contributed by atoms with E-state index in [0.717, 1.165) is 25.1 Å². The van der Waals surface area contributed by atoms with Crippen LogP contribution in [-0.2, 0) is 4.74 Å². The highest BCUT2D eigenvalue weighted by atomic mass is 16.5. The van der Waals surface area contributed by atoms with Crippen LogP contribution in [0, 0.1) is 6.92 Å². The number of nitrogens with zero attached hydrogens (tertiary/aromatic N) is 2. The van der Waals surface area contributed by atoms with E-state index in [2.05, 4.69) is 20.6 Å². The van der Waals surface area contributed by atoms with Gasteiger partial charge in [0.15, 0.2) is 0 Å². The summed E-state index contributed by atoms with van der Waals surface area (Å²) in [6.45, 7) is 7.03. The Morgan fingerprint density at radius 2 is 2.15 bits per heavy atom. The SMILES string of the molecule is Cc1cc(C(=O)NCC2CCCO2)nc(Nc2ccccc2OC(C)C)n1. The van der Waals surface area contributed by atoms with Crippen LogP contribution in [0.25, 0.3) is 0 Å². The van der Waals surface area contributed by atoms with Crippen LogP contribution in [0.5, 0.6) is 5.75 Å². The molecule has 1 amide bonds. The molecule has 3 rings (SSSR count). The minimum atomic E-state index is -0.231. The summed E-state index contributed by atoms with van der Waals surface area (Å²) in [4.78, 5) is 21.2. The maximum atomic E-state index is 12.5. The van der Waals surface area contributed by atoms with Crippen molar-refractivity contribution in [3.05, 3.63) is 41.7 Å². The smallest absolute Gasteiger partial charge is 0.270 e. The Balaban J connectivity index is 1.72. The molecule has 7 nitrogen and oxygen atoms in total. The Bertz CT molecular complexity index is 789. The van der Waals surface area contributed by atoms with E-state index in [1.807, 2.05) is 45.0 Å². The first-order valence-corrected chi connectivity index (χ1v) is 9.29. The lowest BCUT2D eigenvalue weighted by molar-refractivity contribution is 0.0853. The third kappa shape index (κ3) is 5.40. The number of anilines is 2. The van der Waals surface area contributed by atoms with Gasteiger partial charge >= 0.3 is 0 Å².